The van der Waals surface area contributed by atoms with Crippen LogP contribution in [0, 0.1) is 6.92 Å². The summed E-state index contributed by atoms with van der Waals surface area (Å²) in [7, 11) is -0.659. The van der Waals surface area contributed by atoms with Crippen molar-refractivity contribution >= 4 is 49.9 Å². The predicted molar refractivity (Wildman–Crippen MR) is 237 cm³/mol. The van der Waals surface area contributed by atoms with Crippen LogP contribution in [0.15, 0.2) is 91.3 Å². The lowest BCUT2D eigenvalue weighted by atomic mass is 9.86. The van der Waals surface area contributed by atoms with Gasteiger partial charge in [0.05, 0.1) is 63.0 Å². The van der Waals surface area contributed by atoms with E-state index >= 15 is 0 Å². The molecular formula is C45H50N6O10S. The van der Waals surface area contributed by atoms with E-state index < -0.39 is 22.0 Å². The number of ether oxygens (including phenoxy) is 5. The minimum Gasteiger partial charge on any atom is -0.497 e. The average Bonchev–Trinajstić information content (AvgIpc) is 3.59. The molecule has 0 aliphatic rings. The molecule has 0 bridgehead atoms. The fourth-order valence-corrected chi connectivity index (χ4v) is 7.15. The molecule has 2 amide bonds. The number of methoxy groups -OCH3 is 2. The third kappa shape index (κ3) is 11.7. The molecule has 2 aromatic heterocycles. The van der Waals surface area contributed by atoms with E-state index in [0.29, 0.717) is 60.6 Å². The van der Waals surface area contributed by atoms with E-state index in [1.807, 2.05) is 63.2 Å². The van der Waals surface area contributed by atoms with E-state index in [2.05, 4.69) is 25.4 Å². The number of carbonyl (C=O) groups is 2. The van der Waals surface area contributed by atoms with E-state index in [9.17, 15) is 23.1 Å². The lowest BCUT2D eigenvalue weighted by molar-refractivity contribution is 0.0695. The number of carbonyl (C=O) groups excluding carboxylic acids is 1. The molecule has 0 saturated heterocycles. The minimum absolute atomic E-state index is 0.167. The van der Waals surface area contributed by atoms with Crippen molar-refractivity contribution < 1.29 is 46.8 Å². The standard InChI is InChI=1S/C45H50N6O10S/c1-28-37(43(52)53)27-51(49-28)16-17-59-18-19-60-34-22-29(21-33(26-34)57-5)20-31-25-32(14-15-46-31)61-41-13-12-38(35-10-8-9-11-36(35)41)47-44(54)48-39-23-30(45(2,3)4)24-40(42(39)58-6)50-62(7,55)56/h8-15,21-27,50H,16-20H2,1-7H3,(H,52,53)(H2,47,48,54). The summed E-state index contributed by atoms with van der Waals surface area (Å²) in [4.78, 5) is 29.4. The maximum absolute atomic E-state index is 13.5. The van der Waals surface area contributed by atoms with Crippen LogP contribution >= 0.6 is 0 Å². The second-order valence-electron chi connectivity index (χ2n) is 15.4. The molecule has 16 nitrogen and oxygen atoms in total. The second kappa shape index (κ2) is 19.2. The summed E-state index contributed by atoms with van der Waals surface area (Å²) in [6.45, 7) is 8.94. The van der Waals surface area contributed by atoms with Gasteiger partial charge in [0.15, 0.2) is 5.75 Å². The molecule has 17 heteroatoms. The molecule has 4 aromatic carbocycles. The normalized spacial score (nSPS) is 11.5. The molecule has 0 radical (unpaired) electrons. The summed E-state index contributed by atoms with van der Waals surface area (Å²) in [5.41, 5.74) is 3.68. The first kappa shape index (κ1) is 44.7. The number of nitrogens with zero attached hydrogens (tertiary/aromatic N) is 3. The van der Waals surface area contributed by atoms with Gasteiger partial charge >= 0.3 is 12.0 Å². The summed E-state index contributed by atoms with van der Waals surface area (Å²) in [6, 6.07) is 23.2. The molecule has 6 rings (SSSR count). The Kier molecular flexibility index (Phi) is 13.9. The third-order valence-corrected chi connectivity index (χ3v) is 10.1. The summed E-state index contributed by atoms with van der Waals surface area (Å²) >= 11 is 0. The van der Waals surface area contributed by atoms with Gasteiger partial charge in [-0.25, -0.2) is 18.0 Å². The van der Waals surface area contributed by atoms with Crippen molar-refractivity contribution in [2.75, 3.05) is 55.7 Å². The highest BCUT2D eigenvalue weighted by molar-refractivity contribution is 7.92. The van der Waals surface area contributed by atoms with E-state index in [-0.39, 0.29) is 34.7 Å². The topological polar surface area (TPSA) is 201 Å². The molecular weight excluding hydrogens is 817 g/mol. The number of aryl methyl sites for hydroxylation is 1. The highest BCUT2D eigenvalue weighted by atomic mass is 32.2. The van der Waals surface area contributed by atoms with Gasteiger partial charge < -0.3 is 39.4 Å². The van der Waals surface area contributed by atoms with Crippen molar-refractivity contribution in [3.63, 3.8) is 0 Å². The molecule has 62 heavy (non-hydrogen) atoms. The van der Waals surface area contributed by atoms with Gasteiger partial charge in [-0.05, 0) is 65.9 Å². The van der Waals surface area contributed by atoms with Gasteiger partial charge in [0, 0.05) is 47.4 Å². The molecule has 2 heterocycles. The number of fused-ring (bicyclic) bond motifs is 1. The lowest BCUT2D eigenvalue weighted by Crippen LogP contribution is -2.22. The molecule has 0 fully saturated rings. The number of rotatable bonds is 18. The van der Waals surface area contributed by atoms with Crippen LogP contribution < -0.4 is 34.3 Å². The number of anilines is 3. The van der Waals surface area contributed by atoms with Gasteiger partial charge in [-0.15, -0.1) is 0 Å². The van der Waals surface area contributed by atoms with Gasteiger partial charge in [0.25, 0.3) is 0 Å². The van der Waals surface area contributed by atoms with E-state index in [0.717, 1.165) is 33.8 Å². The SMILES string of the molecule is COc1cc(Cc2cc(Oc3ccc(NC(=O)Nc4cc(C(C)(C)C)cc(NS(C)(=O)=O)c4OC)c4ccccc34)ccn2)cc(OCCOCCn2cc(C(=O)O)c(C)n2)c1. The van der Waals surface area contributed by atoms with Gasteiger partial charge in [-0.2, -0.15) is 5.10 Å². The van der Waals surface area contributed by atoms with Crippen LogP contribution in [0.5, 0.6) is 28.7 Å². The van der Waals surface area contributed by atoms with Crippen molar-refractivity contribution in [2.45, 2.75) is 46.1 Å². The minimum atomic E-state index is -3.65. The fraction of sp³-hybridized carbons (Fsp3) is 0.289. The third-order valence-electron chi connectivity index (χ3n) is 9.55. The number of nitrogens with one attached hydrogen (secondary N) is 3. The zero-order valence-corrected chi connectivity index (χ0v) is 36.4. The molecule has 0 aliphatic carbocycles. The zero-order chi connectivity index (χ0) is 44.6. The van der Waals surface area contributed by atoms with Crippen molar-refractivity contribution in [1.82, 2.24) is 14.8 Å². The van der Waals surface area contributed by atoms with Crippen LogP contribution in [0.2, 0.25) is 0 Å². The Morgan fingerprint density at radius 1 is 0.823 bits per heavy atom. The van der Waals surface area contributed by atoms with Crippen LogP contribution in [0.25, 0.3) is 10.8 Å². The van der Waals surface area contributed by atoms with Crippen LogP contribution in [0.4, 0.5) is 21.9 Å². The smallest absolute Gasteiger partial charge is 0.339 e. The van der Waals surface area contributed by atoms with Crippen LogP contribution in [0.1, 0.15) is 53.6 Å². The number of carboxylic acid groups (broad SMARTS) is 1. The largest absolute Gasteiger partial charge is 0.497 e. The van der Waals surface area contributed by atoms with Crippen LogP contribution in [-0.4, -0.2) is 80.6 Å². The number of carboxylic acids is 1. The summed E-state index contributed by atoms with van der Waals surface area (Å²) in [6.07, 6.45) is 4.67. The highest BCUT2D eigenvalue weighted by Crippen LogP contribution is 2.40. The number of urea groups is 1. The number of aromatic nitrogens is 3. The van der Waals surface area contributed by atoms with Crippen molar-refractivity contribution in [3.8, 4) is 28.7 Å². The molecule has 0 atom stereocenters. The van der Waals surface area contributed by atoms with Gasteiger partial charge in [-0.3, -0.25) is 14.4 Å². The Hall–Kier alpha value is -6.85. The monoisotopic (exact) mass is 866 g/mol. The Morgan fingerprint density at radius 3 is 2.24 bits per heavy atom. The summed E-state index contributed by atoms with van der Waals surface area (Å²) < 4.78 is 57.6. The first-order chi connectivity index (χ1) is 29.5. The molecule has 0 spiro atoms. The summed E-state index contributed by atoms with van der Waals surface area (Å²) in [5, 5.41) is 20.7. The van der Waals surface area contributed by atoms with Crippen LogP contribution in [0.3, 0.4) is 0 Å². The lowest BCUT2D eigenvalue weighted by Gasteiger charge is -2.24. The fourth-order valence-electron chi connectivity index (χ4n) is 6.60. The van der Waals surface area contributed by atoms with E-state index in [1.165, 1.54) is 13.3 Å². The summed E-state index contributed by atoms with van der Waals surface area (Å²) in [5.74, 6) is 1.49. The molecule has 4 N–H and O–H groups in total. The zero-order valence-electron chi connectivity index (χ0n) is 35.6. The predicted octanol–water partition coefficient (Wildman–Crippen LogP) is 8.25. The number of aromatic carboxylic acids is 1. The Labute approximate surface area is 360 Å². The van der Waals surface area contributed by atoms with Gasteiger partial charge in [0.2, 0.25) is 10.0 Å². The average molecular weight is 867 g/mol. The van der Waals surface area contributed by atoms with Gasteiger partial charge in [0.1, 0.15) is 35.2 Å². The van der Waals surface area contributed by atoms with Crippen LogP contribution in [-0.2, 0) is 33.1 Å². The quantitative estimate of drug-likeness (QED) is 0.0604. The number of hydrogen-bond donors (Lipinski definition) is 4. The number of amides is 2. The maximum Gasteiger partial charge on any atom is 0.339 e. The van der Waals surface area contributed by atoms with Gasteiger partial charge in [-0.1, -0.05) is 45.0 Å². The van der Waals surface area contributed by atoms with Crippen molar-refractivity contribution in [2.24, 2.45) is 0 Å². The maximum atomic E-state index is 13.5. The first-order valence-electron chi connectivity index (χ1n) is 19.6. The number of benzene rings is 4. The Morgan fingerprint density at radius 2 is 1.55 bits per heavy atom. The van der Waals surface area contributed by atoms with Crippen molar-refractivity contribution in [3.05, 3.63) is 119 Å². The van der Waals surface area contributed by atoms with E-state index in [1.54, 1.807) is 61.3 Å². The molecule has 326 valence electrons. The Balaban J connectivity index is 1.11. The molecule has 6 aromatic rings. The van der Waals surface area contributed by atoms with E-state index in [4.69, 9.17) is 23.7 Å². The first-order valence-corrected chi connectivity index (χ1v) is 21.5. The molecule has 0 saturated carbocycles. The molecule has 0 unspecified atom stereocenters. The highest BCUT2D eigenvalue weighted by Gasteiger charge is 2.23. The number of hydrogen-bond acceptors (Lipinski definition) is 11. The van der Waals surface area contributed by atoms with Crippen molar-refractivity contribution in [1.29, 1.82) is 0 Å². The number of sulfonamides is 1. The molecule has 0 aliphatic heterocycles. The number of pyridine rings is 1. The second-order valence-corrected chi connectivity index (χ2v) is 17.1. The Bertz CT molecular complexity index is 2690.